The van der Waals surface area contributed by atoms with Gasteiger partial charge < -0.3 is 5.11 Å². The Balaban J connectivity index is 2.19. The van der Waals surface area contributed by atoms with Gasteiger partial charge in [-0.05, 0) is 29.8 Å². The fraction of sp³-hybridized carbons (Fsp3) is 0.0625. The number of non-ortho nitro benzene ring substituents is 1. The van der Waals surface area contributed by atoms with Gasteiger partial charge in [0.05, 0.1) is 4.92 Å². The van der Waals surface area contributed by atoms with Crippen molar-refractivity contribution >= 4 is 27.4 Å². The first-order valence-electron chi connectivity index (χ1n) is 6.31. The van der Waals surface area contributed by atoms with Gasteiger partial charge in [0.1, 0.15) is 6.10 Å². The van der Waals surface area contributed by atoms with Crippen molar-refractivity contribution in [3.8, 4) is 0 Å². The zero-order valence-electron chi connectivity index (χ0n) is 11.4. The van der Waals surface area contributed by atoms with Crippen LogP contribution in [-0.4, -0.2) is 15.8 Å². The van der Waals surface area contributed by atoms with E-state index in [2.05, 4.69) is 22.5 Å². The zero-order valence-corrected chi connectivity index (χ0v) is 13.0. The van der Waals surface area contributed by atoms with Crippen molar-refractivity contribution in [3.05, 3.63) is 86.4 Å². The number of aliphatic hydroxyl groups excluding tert-OH is 1. The zero-order chi connectivity index (χ0) is 16.3. The van der Waals surface area contributed by atoms with Crippen LogP contribution in [-0.2, 0) is 0 Å². The van der Waals surface area contributed by atoms with E-state index in [0.717, 1.165) is 4.47 Å². The minimum absolute atomic E-state index is 0.0103. The predicted octanol–water partition coefficient (Wildman–Crippen LogP) is 3.83. The second-order valence-electron chi connectivity index (χ2n) is 4.61. The molecule has 0 bridgehead atoms. The fourth-order valence-electron chi connectivity index (χ4n) is 1.89. The second-order valence-corrected chi connectivity index (χ2v) is 5.53. The van der Waals surface area contributed by atoms with Crippen molar-refractivity contribution in [1.82, 2.24) is 0 Å². The second kappa shape index (κ2) is 6.64. The molecule has 1 atom stereocenters. The molecule has 2 rings (SSSR count). The Hall–Kier alpha value is -2.31. The number of carbonyl (C=O) groups excluding carboxylic acids is 1. The summed E-state index contributed by atoms with van der Waals surface area (Å²) in [5.41, 5.74) is 0.696. The number of ketones is 1. The summed E-state index contributed by atoms with van der Waals surface area (Å²) in [5, 5.41) is 20.8. The number of halogens is 1. The average molecular weight is 362 g/mol. The average Bonchev–Trinajstić information content (AvgIpc) is 2.53. The summed E-state index contributed by atoms with van der Waals surface area (Å²) < 4.78 is 0.857. The first-order valence-corrected chi connectivity index (χ1v) is 7.11. The quantitative estimate of drug-likeness (QED) is 0.379. The maximum absolute atomic E-state index is 12.3. The number of nitro groups is 1. The maximum atomic E-state index is 12.3. The van der Waals surface area contributed by atoms with Crippen LogP contribution in [0.4, 0.5) is 5.69 Å². The molecule has 0 aromatic heterocycles. The van der Waals surface area contributed by atoms with Gasteiger partial charge in [-0.1, -0.05) is 34.6 Å². The monoisotopic (exact) mass is 361 g/mol. The Morgan fingerprint density at radius 1 is 1.14 bits per heavy atom. The molecule has 5 nitrogen and oxygen atoms in total. The van der Waals surface area contributed by atoms with Crippen LogP contribution in [0, 0.1) is 10.1 Å². The van der Waals surface area contributed by atoms with Gasteiger partial charge in [-0.25, -0.2) is 0 Å². The van der Waals surface area contributed by atoms with Gasteiger partial charge in [0, 0.05) is 27.7 Å². The molecule has 0 heterocycles. The van der Waals surface area contributed by atoms with Gasteiger partial charge in [0.25, 0.3) is 5.69 Å². The van der Waals surface area contributed by atoms with Gasteiger partial charge in [-0.15, -0.1) is 0 Å². The first kappa shape index (κ1) is 16.1. The van der Waals surface area contributed by atoms with Crippen LogP contribution in [0.25, 0.3) is 0 Å². The molecule has 112 valence electrons. The van der Waals surface area contributed by atoms with Crippen LogP contribution in [0.2, 0.25) is 0 Å². The molecule has 2 aromatic carbocycles. The summed E-state index contributed by atoms with van der Waals surface area (Å²) in [7, 11) is 0. The van der Waals surface area contributed by atoms with Crippen LogP contribution in [0.15, 0.2) is 65.2 Å². The number of carbonyl (C=O) groups is 1. The molecule has 0 amide bonds. The van der Waals surface area contributed by atoms with Crippen molar-refractivity contribution in [1.29, 1.82) is 0 Å². The minimum atomic E-state index is -1.13. The van der Waals surface area contributed by atoms with Crippen molar-refractivity contribution in [2.24, 2.45) is 0 Å². The number of benzene rings is 2. The number of hydrogen-bond donors (Lipinski definition) is 1. The van der Waals surface area contributed by atoms with E-state index >= 15 is 0 Å². The van der Waals surface area contributed by atoms with Crippen LogP contribution in [0.3, 0.4) is 0 Å². The molecule has 0 saturated carbocycles. The highest BCUT2D eigenvalue weighted by atomic mass is 79.9. The van der Waals surface area contributed by atoms with Crippen LogP contribution >= 0.6 is 15.9 Å². The molecule has 22 heavy (non-hydrogen) atoms. The number of nitrogens with zero attached hydrogens (tertiary/aromatic N) is 1. The Kier molecular flexibility index (Phi) is 4.85. The highest BCUT2D eigenvalue weighted by Gasteiger charge is 2.20. The topological polar surface area (TPSA) is 80.4 Å². The molecule has 0 fully saturated rings. The molecule has 0 aliphatic heterocycles. The summed E-state index contributed by atoms with van der Waals surface area (Å²) in [6, 6.07) is 12.1. The number of hydrogen-bond acceptors (Lipinski definition) is 4. The maximum Gasteiger partial charge on any atom is 0.269 e. The van der Waals surface area contributed by atoms with Gasteiger partial charge in [0.15, 0.2) is 5.78 Å². The molecule has 0 aliphatic carbocycles. The molecule has 0 saturated heterocycles. The normalized spacial score (nSPS) is 11.7. The van der Waals surface area contributed by atoms with Crippen LogP contribution < -0.4 is 0 Å². The number of aliphatic hydroxyl groups is 1. The van der Waals surface area contributed by atoms with Gasteiger partial charge in [0.2, 0.25) is 0 Å². The lowest BCUT2D eigenvalue weighted by molar-refractivity contribution is -0.384. The van der Waals surface area contributed by atoms with Gasteiger partial charge >= 0.3 is 0 Å². The van der Waals surface area contributed by atoms with Gasteiger partial charge in [-0.2, -0.15) is 0 Å². The highest BCUT2D eigenvalue weighted by Crippen LogP contribution is 2.25. The third kappa shape index (κ3) is 3.47. The molecule has 2 aromatic rings. The molecular formula is C16H12BrNO4. The lowest BCUT2D eigenvalue weighted by Crippen LogP contribution is -2.11. The van der Waals surface area contributed by atoms with Gasteiger partial charge in [-0.3, -0.25) is 14.9 Å². The summed E-state index contributed by atoms with van der Waals surface area (Å²) >= 11 is 3.29. The Morgan fingerprint density at radius 3 is 2.18 bits per heavy atom. The van der Waals surface area contributed by atoms with E-state index in [4.69, 9.17) is 0 Å². The van der Waals surface area contributed by atoms with E-state index < -0.39 is 16.8 Å². The summed E-state index contributed by atoms with van der Waals surface area (Å²) in [6.07, 6.45) is -1.13. The van der Waals surface area contributed by atoms with Crippen LogP contribution in [0.1, 0.15) is 22.0 Å². The predicted molar refractivity (Wildman–Crippen MR) is 85.7 cm³/mol. The van der Waals surface area contributed by atoms with Crippen molar-refractivity contribution < 1.29 is 14.8 Å². The minimum Gasteiger partial charge on any atom is -0.384 e. The summed E-state index contributed by atoms with van der Waals surface area (Å²) in [6.45, 7) is 3.64. The smallest absolute Gasteiger partial charge is 0.269 e. The molecule has 0 unspecified atom stereocenters. The SMILES string of the molecule is C=C(C(=O)c1ccc([N+](=O)[O-])cc1)[C@@H](O)c1ccc(Br)cc1. The van der Waals surface area contributed by atoms with Crippen molar-refractivity contribution in [2.45, 2.75) is 6.10 Å². The third-order valence-corrected chi connectivity index (χ3v) is 3.68. The molecule has 1 N–H and O–H groups in total. The lowest BCUT2D eigenvalue weighted by atomic mass is 9.96. The van der Waals surface area contributed by atoms with E-state index in [0.29, 0.717) is 5.56 Å². The largest absolute Gasteiger partial charge is 0.384 e. The summed E-state index contributed by atoms with van der Waals surface area (Å²) in [5.74, 6) is -0.453. The standard InChI is InChI=1S/C16H12BrNO4/c1-10(15(19)11-2-6-13(17)7-3-11)16(20)12-4-8-14(9-5-12)18(21)22/h2-9,15,19H,1H2/t15-/m1/s1. The highest BCUT2D eigenvalue weighted by molar-refractivity contribution is 9.10. The Bertz CT molecular complexity index is 723. The fourth-order valence-corrected chi connectivity index (χ4v) is 2.15. The van der Waals surface area contributed by atoms with E-state index in [1.54, 1.807) is 24.3 Å². The number of Topliss-reactive ketones (excluding diaryl/α,β-unsaturated/α-hetero) is 1. The third-order valence-electron chi connectivity index (χ3n) is 3.15. The first-order chi connectivity index (χ1) is 10.4. The molecule has 6 heteroatoms. The molecule has 0 aliphatic rings. The number of rotatable bonds is 5. The van der Waals surface area contributed by atoms with E-state index in [1.807, 2.05) is 0 Å². The lowest BCUT2D eigenvalue weighted by Gasteiger charge is -2.13. The number of nitro benzene ring substituents is 1. The molecular weight excluding hydrogens is 350 g/mol. The van der Waals surface area contributed by atoms with Crippen molar-refractivity contribution in [3.63, 3.8) is 0 Å². The molecule has 0 spiro atoms. The summed E-state index contributed by atoms with van der Waals surface area (Å²) in [4.78, 5) is 22.3. The van der Waals surface area contributed by atoms with E-state index in [1.165, 1.54) is 24.3 Å². The Morgan fingerprint density at radius 2 is 1.68 bits per heavy atom. The Labute approximate surface area is 135 Å². The van der Waals surface area contributed by atoms with E-state index in [9.17, 15) is 20.0 Å². The van der Waals surface area contributed by atoms with E-state index in [-0.39, 0.29) is 16.8 Å². The van der Waals surface area contributed by atoms with Crippen LogP contribution in [0.5, 0.6) is 0 Å². The molecule has 0 radical (unpaired) electrons. The van der Waals surface area contributed by atoms with Crippen molar-refractivity contribution in [2.75, 3.05) is 0 Å².